The molecular weight excluding hydrogens is 417 g/mol. The first-order chi connectivity index (χ1) is 14.8. The molecule has 0 saturated heterocycles. The molecule has 8 heteroatoms. The third kappa shape index (κ3) is 5.76. The van der Waals surface area contributed by atoms with Gasteiger partial charge in [-0.15, -0.1) is 0 Å². The van der Waals surface area contributed by atoms with Crippen molar-refractivity contribution in [2.75, 3.05) is 10.8 Å². The molecule has 0 aliphatic carbocycles. The Bertz CT molecular complexity index is 1170. The third-order valence-corrected chi connectivity index (χ3v) is 6.28. The number of hydrogen-bond donors (Lipinski definition) is 1. The molecule has 6 nitrogen and oxygen atoms in total. The maximum Gasteiger partial charge on any atom is 0.264 e. The van der Waals surface area contributed by atoms with Crippen LogP contribution in [0.1, 0.15) is 16.7 Å². The van der Waals surface area contributed by atoms with Crippen molar-refractivity contribution in [3.8, 4) is 0 Å². The zero-order chi connectivity index (χ0) is 22.4. The number of amides is 1. The number of sulfonamides is 1. The highest BCUT2D eigenvalue weighted by atomic mass is 32.2. The maximum atomic E-state index is 13.4. The van der Waals surface area contributed by atoms with Crippen LogP contribution in [0.4, 0.5) is 10.1 Å². The fraction of sp³-hybridized carbons (Fsp3) is 0.130. The molecule has 1 N–H and O–H groups in total. The summed E-state index contributed by atoms with van der Waals surface area (Å²) in [4.78, 5) is 12.5. The molecule has 0 atom stereocenters. The van der Waals surface area contributed by atoms with Crippen LogP contribution in [0, 0.1) is 19.7 Å². The second-order valence-corrected chi connectivity index (χ2v) is 8.87. The van der Waals surface area contributed by atoms with Crippen molar-refractivity contribution in [3.63, 3.8) is 0 Å². The van der Waals surface area contributed by atoms with Gasteiger partial charge in [0.15, 0.2) is 0 Å². The molecule has 0 heterocycles. The van der Waals surface area contributed by atoms with E-state index in [0.29, 0.717) is 0 Å². The van der Waals surface area contributed by atoms with E-state index in [0.717, 1.165) is 33.1 Å². The average molecular weight is 440 g/mol. The fourth-order valence-corrected chi connectivity index (χ4v) is 4.18. The lowest BCUT2D eigenvalue weighted by atomic mass is 10.2. The predicted molar refractivity (Wildman–Crippen MR) is 119 cm³/mol. The van der Waals surface area contributed by atoms with Crippen LogP contribution >= 0.6 is 0 Å². The SMILES string of the molecule is Cc1ccc(/C=N\NC(=O)CN(c2ccc(F)cc2)S(=O)(=O)c2ccc(C)cc2)cc1. The largest absolute Gasteiger partial charge is 0.271 e. The molecule has 0 aliphatic heterocycles. The summed E-state index contributed by atoms with van der Waals surface area (Å²) >= 11 is 0. The number of carbonyl (C=O) groups is 1. The van der Waals surface area contributed by atoms with Gasteiger partial charge in [0, 0.05) is 0 Å². The molecule has 160 valence electrons. The van der Waals surface area contributed by atoms with Crippen LogP contribution in [0.25, 0.3) is 0 Å². The number of rotatable bonds is 7. The summed E-state index contributed by atoms with van der Waals surface area (Å²) in [6, 6.07) is 18.7. The predicted octanol–water partition coefficient (Wildman–Crippen LogP) is 3.79. The Hall–Kier alpha value is -3.52. The van der Waals surface area contributed by atoms with E-state index in [2.05, 4.69) is 10.5 Å². The number of nitrogens with zero attached hydrogens (tertiary/aromatic N) is 2. The van der Waals surface area contributed by atoms with Gasteiger partial charge in [0.2, 0.25) is 0 Å². The number of hydrazone groups is 1. The minimum Gasteiger partial charge on any atom is -0.271 e. The van der Waals surface area contributed by atoms with Crippen molar-refractivity contribution in [1.29, 1.82) is 0 Å². The first-order valence-electron chi connectivity index (χ1n) is 9.49. The van der Waals surface area contributed by atoms with Crippen LogP contribution in [-0.4, -0.2) is 27.1 Å². The van der Waals surface area contributed by atoms with Gasteiger partial charge in [-0.3, -0.25) is 9.10 Å². The van der Waals surface area contributed by atoms with Crippen molar-refractivity contribution in [3.05, 3.63) is 95.3 Å². The van der Waals surface area contributed by atoms with Crippen molar-refractivity contribution in [2.45, 2.75) is 18.7 Å². The molecule has 0 aliphatic rings. The van der Waals surface area contributed by atoms with Crippen LogP contribution < -0.4 is 9.73 Å². The molecule has 0 spiro atoms. The summed E-state index contributed by atoms with van der Waals surface area (Å²) < 4.78 is 40.7. The average Bonchev–Trinajstić information content (AvgIpc) is 2.74. The van der Waals surface area contributed by atoms with Crippen molar-refractivity contribution >= 4 is 27.8 Å². The summed E-state index contributed by atoms with van der Waals surface area (Å²) in [6.07, 6.45) is 1.47. The Kier molecular flexibility index (Phi) is 6.81. The third-order valence-electron chi connectivity index (χ3n) is 4.49. The molecule has 0 saturated carbocycles. The van der Waals surface area contributed by atoms with Crippen LogP contribution in [0.3, 0.4) is 0 Å². The van der Waals surface area contributed by atoms with Gasteiger partial charge in [-0.25, -0.2) is 18.2 Å². The summed E-state index contributed by atoms with van der Waals surface area (Å²) in [5.74, 6) is -1.15. The quantitative estimate of drug-likeness (QED) is 0.449. The Morgan fingerprint density at radius 3 is 2.06 bits per heavy atom. The molecule has 0 bridgehead atoms. The van der Waals surface area contributed by atoms with E-state index in [-0.39, 0.29) is 10.6 Å². The first-order valence-corrected chi connectivity index (χ1v) is 10.9. The van der Waals surface area contributed by atoms with Gasteiger partial charge in [-0.05, 0) is 55.8 Å². The van der Waals surface area contributed by atoms with Crippen molar-refractivity contribution in [2.24, 2.45) is 5.10 Å². The smallest absolute Gasteiger partial charge is 0.264 e. The van der Waals surface area contributed by atoms with Crippen molar-refractivity contribution < 1.29 is 17.6 Å². The molecular formula is C23H22FN3O3S. The molecule has 1 amide bonds. The number of hydrogen-bond acceptors (Lipinski definition) is 4. The Morgan fingerprint density at radius 2 is 1.48 bits per heavy atom. The van der Waals surface area contributed by atoms with Crippen LogP contribution in [0.15, 0.2) is 82.8 Å². The normalized spacial score (nSPS) is 11.5. The van der Waals surface area contributed by atoms with E-state index in [4.69, 9.17) is 0 Å². The summed E-state index contributed by atoms with van der Waals surface area (Å²) in [5, 5.41) is 3.89. The zero-order valence-electron chi connectivity index (χ0n) is 17.1. The highest BCUT2D eigenvalue weighted by Crippen LogP contribution is 2.24. The van der Waals surface area contributed by atoms with Crippen LogP contribution in [0.5, 0.6) is 0 Å². The molecule has 3 aromatic carbocycles. The minimum absolute atomic E-state index is 0.0263. The topological polar surface area (TPSA) is 78.8 Å². The number of benzene rings is 3. The standard InChI is InChI=1S/C23H22FN3O3S/c1-17-3-7-19(8-4-17)15-25-26-23(28)16-27(21-11-9-20(24)10-12-21)31(29,30)22-13-5-18(2)6-14-22/h3-15H,16H2,1-2H3,(H,26,28)/b25-15-. The molecule has 3 rings (SSSR count). The summed E-state index contributed by atoms with van der Waals surface area (Å²) in [6.45, 7) is 3.28. The molecule has 3 aromatic rings. The summed E-state index contributed by atoms with van der Waals surface area (Å²) in [5.41, 5.74) is 5.29. The lowest BCUT2D eigenvalue weighted by Gasteiger charge is -2.23. The van der Waals surface area contributed by atoms with Gasteiger partial charge in [0.1, 0.15) is 12.4 Å². The lowest BCUT2D eigenvalue weighted by Crippen LogP contribution is -2.39. The van der Waals surface area contributed by atoms with Gasteiger partial charge in [0.25, 0.3) is 15.9 Å². The van der Waals surface area contributed by atoms with Gasteiger partial charge < -0.3 is 0 Å². The molecule has 0 fully saturated rings. The van der Waals surface area contributed by atoms with Crippen molar-refractivity contribution in [1.82, 2.24) is 5.43 Å². The second kappa shape index (κ2) is 9.53. The Labute approximate surface area is 181 Å². The molecule has 0 unspecified atom stereocenters. The van der Waals surface area contributed by atoms with E-state index >= 15 is 0 Å². The zero-order valence-corrected chi connectivity index (χ0v) is 17.9. The van der Waals surface area contributed by atoms with Gasteiger partial charge in [-0.1, -0.05) is 47.5 Å². The molecule has 0 radical (unpaired) electrons. The van der Waals surface area contributed by atoms with Gasteiger partial charge >= 0.3 is 0 Å². The molecule has 0 aromatic heterocycles. The van der Waals surface area contributed by atoms with Crippen LogP contribution in [0.2, 0.25) is 0 Å². The van der Waals surface area contributed by atoms with Crippen LogP contribution in [-0.2, 0) is 14.8 Å². The highest BCUT2D eigenvalue weighted by Gasteiger charge is 2.27. The van der Waals surface area contributed by atoms with Gasteiger partial charge in [-0.2, -0.15) is 5.10 Å². The Balaban J connectivity index is 1.82. The number of aryl methyl sites for hydroxylation is 2. The second-order valence-electron chi connectivity index (χ2n) is 7.01. The Morgan fingerprint density at radius 1 is 0.935 bits per heavy atom. The lowest BCUT2D eigenvalue weighted by molar-refractivity contribution is -0.119. The number of carbonyl (C=O) groups excluding carboxylic acids is 1. The van der Waals surface area contributed by atoms with E-state index in [1.54, 1.807) is 12.1 Å². The summed E-state index contributed by atoms with van der Waals surface area (Å²) in [7, 11) is -4.06. The maximum absolute atomic E-state index is 13.4. The number of halogens is 1. The molecule has 31 heavy (non-hydrogen) atoms. The van der Waals surface area contributed by atoms with E-state index in [1.165, 1.54) is 30.5 Å². The first kappa shape index (κ1) is 22.2. The minimum atomic E-state index is -4.06. The highest BCUT2D eigenvalue weighted by molar-refractivity contribution is 7.92. The van der Waals surface area contributed by atoms with E-state index in [1.807, 2.05) is 38.1 Å². The number of nitrogens with one attached hydrogen (secondary N) is 1. The fourth-order valence-electron chi connectivity index (χ4n) is 2.76. The number of anilines is 1. The van der Waals surface area contributed by atoms with Gasteiger partial charge in [0.05, 0.1) is 16.8 Å². The van der Waals surface area contributed by atoms with E-state index < -0.39 is 28.3 Å². The van der Waals surface area contributed by atoms with E-state index in [9.17, 15) is 17.6 Å². The monoisotopic (exact) mass is 439 g/mol.